The molecule has 0 saturated carbocycles. The van der Waals surface area contributed by atoms with Gasteiger partial charge in [0.05, 0.1) is 9.13 Å². The fourth-order valence-electron chi connectivity index (χ4n) is 4.56. The first-order chi connectivity index (χ1) is 18.1. The number of nitrogens with zero attached hydrogens (tertiary/aromatic N) is 2. The number of carbonyl (C=O) groups is 1. The molecule has 5 rings (SSSR count). The summed E-state index contributed by atoms with van der Waals surface area (Å²) in [5.41, 5.74) is 3.39. The van der Waals surface area contributed by atoms with Gasteiger partial charge in [0.25, 0.3) is 5.91 Å². The minimum absolute atomic E-state index is 0.0181. The number of hydrogen-bond donors (Lipinski definition) is 1. The highest BCUT2D eigenvalue weighted by Crippen LogP contribution is 2.38. The van der Waals surface area contributed by atoms with Crippen molar-refractivity contribution in [2.75, 3.05) is 5.32 Å². The molecule has 4 aromatic rings. The van der Waals surface area contributed by atoms with Gasteiger partial charge in [-0.2, -0.15) is 10.5 Å². The molecular weight excluding hydrogens is 593 g/mol. The van der Waals surface area contributed by atoms with Gasteiger partial charge in [-0.25, -0.2) is 0 Å². The van der Waals surface area contributed by atoms with Crippen LogP contribution in [0.3, 0.4) is 0 Å². The van der Waals surface area contributed by atoms with Crippen molar-refractivity contribution in [1.29, 1.82) is 10.5 Å². The normalized spacial score (nSPS) is 12.9. The van der Waals surface area contributed by atoms with E-state index in [0.717, 1.165) is 62.0 Å². The summed E-state index contributed by atoms with van der Waals surface area (Å²) < 4.78 is 6.98. The number of fused-ring (bicyclic) bond motifs is 2. The first-order valence-corrected chi connectivity index (χ1v) is 13.8. The third-order valence-corrected chi connectivity index (χ3v) is 8.46. The molecule has 37 heavy (non-hydrogen) atoms. The lowest BCUT2D eigenvalue weighted by Gasteiger charge is -2.11. The third-order valence-electron chi connectivity index (χ3n) is 6.41. The Balaban J connectivity index is 1.31. The highest BCUT2D eigenvalue weighted by molar-refractivity contribution is 14.1. The Morgan fingerprint density at radius 2 is 1.89 bits per heavy atom. The molecule has 0 saturated heterocycles. The van der Waals surface area contributed by atoms with Crippen molar-refractivity contribution in [3.05, 3.63) is 96.9 Å². The first-order valence-electron chi connectivity index (χ1n) is 11.9. The van der Waals surface area contributed by atoms with Crippen LogP contribution in [0, 0.1) is 26.2 Å². The van der Waals surface area contributed by atoms with Gasteiger partial charge in [0.1, 0.15) is 35.1 Å². The van der Waals surface area contributed by atoms with E-state index in [4.69, 9.17) is 4.74 Å². The number of nitrogens with one attached hydrogen (secondary N) is 1. The van der Waals surface area contributed by atoms with Crippen LogP contribution in [-0.4, -0.2) is 5.91 Å². The minimum atomic E-state index is -0.510. The van der Waals surface area contributed by atoms with Crippen LogP contribution >= 0.6 is 33.9 Å². The molecule has 0 bridgehead atoms. The highest BCUT2D eigenvalue weighted by Gasteiger charge is 2.22. The molecule has 1 aliphatic carbocycles. The van der Waals surface area contributed by atoms with Gasteiger partial charge in [0.2, 0.25) is 0 Å². The summed E-state index contributed by atoms with van der Waals surface area (Å²) >= 11 is 3.65. The number of carbonyl (C=O) groups excluding carboxylic acids is 1. The molecule has 0 aliphatic heterocycles. The molecule has 1 N–H and O–H groups in total. The number of rotatable bonds is 6. The van der Waals surface area contributed by atoms with Crippen LogP contribution in [0.15, 0.2) is 66.2 Å². The minimum Gasteiger partial charge on any atom is -0.488 e. The second-order valence-electron chi connectivity index (χ2n) is 8.77. The van der Waals surface area contributed by atoms with Crippen molar-refractivity contribution >= 4 is 61.7 Å². The number of benzene rings is 3. The van der Waals surface area contributed by atoms with Crippen molar-refractivity contribution in [3.63, 3.8) is 0 Å². The van der Waals surface area contributed by atoms with E-state index in [0.29, 0.717) is 17.2 Å². The number of thiophene rings is 1. The molecule has 7 heteroatoms. The van der Waals surface area contributed by atoms with E-state index in [-0.39, 0.29) is 5.57 Å². The number of hydrogen-bond acceptors (Lipinski definition) is 5. The number of aryl methyl sites for hydroxylation is 1. The van der Waals surface area contributed by atoms with Gasteiger partial charge >= 0.3 is 0 Å². The maximum atomic E-state index is 12.9. The van der Waals surface area contributed by atoms with Crippen LogP contribution in [0.2, 0.25) is 0 Å². The molecule has 0 fully saturated rings. The van der Waals surface area contributed by atoms with Gasteiger partial charge in [0, 0.05) is 4.88 Å². The van der Waals surface area contributed by atoms with E-state index < -0.39 is 5.91 Å². The summed E-state index contributed by atoms with van der Waals surface area (Å²) in [6.45, 7) is 0.435. The van der Waals surface area contributed by atoms with Crippen LogP contribution in [0.1, 0.15) is 40.0 Å². The first kappa shape index (κ1) is 25.0. The van der Waals surface area contributed by atoms with Crippen LogP contribution in [-0.2, 0) is 24.2 Å². The Kier molecular flexibility index (Phi) is 7.55. The Hall–Kier alpha value is -3.66. The highest BCUT2D eigenvalue weighted by atomic mass is 127. The summed E-state index contributed by atoms with van der Waals surface area (Å²) in [6, 6.07) is 24.2. The van der Waals surface area contributed by atoms with Gasteiger partial charge in [0.15, 0.2) is 0 Å². The van der Waals surface area contributed by atoms with Crippen molar-refractivity contribution in [3.8, 4) is 17.9 Å². The predicted octanol–water partition coefficient (Wildman–Crippen LogP) is 7.38. The lowest BCUT2D eigenvalue weighted by Crippen LogP contribution is -2.13. The zero-order chi connectivity index (χ0) is 25.8. The third kappa shape index (κ3) is 5.39. The maximum Gasteiger partial charge on any atom is 0.266 e. The molecular formula is C30H22IN3O2S. The maximum absolute atomic E-state index is 12.9. The molecule has 1 aliphatic rings. The second kappa shape index (κ2) is 11.2. The van der Waals surface area contributed by atoms with Gasteiger partial charge in [-0.15, -0.1) is 11.3 Å². The summed E-state index contributed by atoms with van der Waals surface area (Å²) in [7, 11) is 0. The molecule has 0 radical (unpaired) electrons. The van der Waals surface area contributed by atoms with Gasteiger partial charge in [-0.3, -0.25) is 4.79 Å². The van der Waals surface area contributed by atoms with E-state index in [9.17, 15) is 15.3 Å². The zero-order valence-corrected chi connectivity index (χ0v) is 22.9. The van der Waals surface area contributed by atoms with Gasteiger partial charge in [-0.1, -0.05) is 48.5 Å². The van der Waals surface area contributed by atoms with E-state index in [2.05, 4.69) is 58.2 Å². The Morgan fingerprint density at radius 1 is 1.08 bits per heavy atom. The standard InChI is InChI=1S/C30H22IN3O2S/c31-26-15-19(12-13-27(26)36-18-21-8-5-7-20-6-1-2-9-23(20)21)14-22(16-32)29(35)34-30-25(17-33)24-10-3-4-11-28(24)37-30/h1-2,5-9,12-15H,3-4,10-11,18H2,(H,34,35)/b22-14+. The van der Waals surface area contributed by atoms with Crippen molar-refractivity contribution < 1.29 is 9.53 Å². The van der Waals surface area contributed by atoms with Crippen molar-refractivity contribution in [1.82, 2.24) is 0 Å². The molecule has 5 nitrogen and oxygen atoms in total. The van der Waals surface area contributed by atoms with E-state index in [1.165, 1.54) is 16.7 Å². The van der Waals surface area contributed by atoms with Crippen LogP contribution in [0.4, 0.5) is 5.00 Å². The molecule has 1 amide bonds. The molecule has 0 unspecified atom stereocenters. The Bertz CT molecular complexity index is 1620. The molecule has 1 aromatic heterocycles. The lowest BCUT2D eigenvalue weighted by molar-refractivity contribution is -0.112. The fourth-order valence-corrected chi connectivity index (χ4v) is 6.49. The average molecular weight is 615 g/mol. The largest absolute Gasteiger partial charge is 0.488 e. The number of ether oxygens (including phenoxy) is 1. The Morgan fingerprint density at radius 3 is 2.70 bits per heavy atom. The lowest BCUT2D eigenvalue weighted by atomic mass is 9.96. The van der Waals surface area contributed by atoms with Crippen LogP contribution in [0.5, 0.6) is 5.75 Å². The Labute approximate surface area is 233 Å². The van der Waals surface area contributed by atoms with Crippen LogP contribution in [0.25, 0.3) is 16.8 Å². The SMILES string of the molecule is N#C/C(=C\c1ccc(OCc2cccc3ccccc23)c(I)c1)C(=O)Nc1sc2c(c1C#N)CCCC2. The van der Waals surface area contributed by atoms with Gasteiger partial charge < -0.3 is 10.1 Å². The molecule has 0 spiro atoms. The number of halogens is 1. The average Bonchev–Trinajstić information content (AvgIpc) is 3.27. The molecule has 1 heterocycles. The van der Waals surface area contributed by atoms with E-state index >= 15 is 0 Å². The summed E-state index contributed by atoms with van der Waals surface area (Å²) in [4.78, 5) is 14.1. The number of anilines is 1. The van der Waals surface area contributed by atoms with Gasteiger partial charge in [-0.05, 0) is 93.9 Å². The number of amides is 1. The topological polar surface area (TPSA) is 85.9 Å². The van der Waals surface area contributed by atoms with Crippen LogP contribution < -0.4 is 10.1 Å². The second-order valence-corrected chi connectivity index (χ2v) is 11.0. The summed E-state index contributed by atoms with van der Waals surface area (Å²) in [6.07, 6.45) is 5.49. The summed E-state index contributed by atoms with van der Waals surface area (Å²) in [5, 5.41) is 25.0. The van der Waals surface area contributed by atoms with E-state index in [1.807, 2.05) is 42.5 Å². The zero-order valence-electron chi connectivity index (χ0n) is 19.9. The van der Waals surface area contributed by atoms with Crippen molar-refractivity contribution in [2.45, 2.75) is 32.3 Å². The smallest absolute Gasteiger partial charge is 0.266 e. The fraction of sp³-hybridized carbons (Fsp3) is 0.167. The van der Waals surface area contributed by atoms with Crippen molar-refractivity contribution in [2.24, 2.45) is 0 Å². The number of nitriles is 2. The van der Waals surface area contributed by atoms with E-state index in [1.54, 1.807) is 6.08 Å². The summed E-state index contributed by atoms with van der Waals surface area (Å²) in [5.74, 6) is 0.223. The quantitative estimate of drug-likeness (QED) is 0.139. The predicted molar refractivity (Wildman–Crippen MR) is 155 cm³/mol. The monoisotopic (exact) mass is 615 g/mol. The molecule has 3 aromatic carbocycles. The molecule has 0 atom stereocenters. The molecule has 182 valence electrons.